The van der Waals surface area contributed by atoms with Gasteiger partial charge >= 0.3 is 0 Å². The van der Waals surface area contributed by atoms with E-state index in [-0.39, 0.29) is 31.5 Å². The SMILES string of the molecule is COCC(N)=N/N=C/c1ccc2ncnc(Nc3ccc(Oc4ccc(C)nc4)c(C)c3)c2c1.COCC(N)=N/N=C\c1ccc2ncnc(Nc3ccc(OCc4cccc(F)c4)c(Cl)c3)c2c1. The molecule has 0 atom stereocenters. The van der Waals surface area contributed by atoms with E-state index in [9.17, 15) is 4.39 Å². The van der Waals surface area contributed by atoms with Gasteiger partial charge in [0.15, 0.2) is 0 Å². The van der Waals surface area contributed by atoms with Gasteiger partial charge in [0.2, 0.25) is 0 Å². The molecule has 0 unspecified atom stereocenters. The Morgan fingerprint density at radius 1 is 0.667 bits per heavy atom. The first-order chi connectivity index (χ1) is 33.5. The number of hydrogen-bond donors (Lipinski definition) is 4. The number of pyridine rings is 1. The van der Waals surface area contributed by atoms with Gasteiger partial charge in [0.05, 0.1) is 34.7 Å². The van der Waals surface area contributed by atoms with Crippen molar-refractivity contribution in [3.8, 4) is 17.2 Å². The van der Waals surface area contributed by atoms with Crippen LogP contribution in [0.25, 0.3) is 21.8 Å². The zero-order valence-corrected chi connectivity index (χ0v) is 38.7. The molecule has 8 rings (SSSR count). The maximum atomic E-state index is 13.4. The summed E-state index contributed by atoms with van der Waals surface area (Å²) in [5.41, 5.74) is 18.8. The first-order valence-electron chi connectivity index (χ1n) is 21.1. The molecule has 0 radical (unpaired) electrons. The van der Waals surface area contributed by atoms with Crippen LogP contribution in [-0.4, -0.2) is 76.5 Å². The van der Waals surface area contributed by atoms with Crippen molar-refractivity contribution < 1.29 is 23.3 Å². The summed E-state index contributed by atoms with van der Waals surface area (Å²) in [6.45, 7) is 4.56. The second-order valence-corrected chi connectivity index (χ2v) is 15.5. The lowest BCUT2D eigenvalue weighted by molar-refractivity contribution is 0.244. The number of hydrogen-bond acceptors (Lipinski definition) is 15. The van der Waals surface area contributed by atoms with Gasteiger partial charge in [-0.15, -0.1) is 10.2 Å². The van der Waals surface area contributed by atoms with E-state index in [0.29, 0.717) is 45.2 Å². The van der Waals surface area contributed by atoms with Gasteiger partial charge in [0, 0.05) is 42.1 Å². The quantitative estimate of drug-likeness (QED) is 0.0379. The van der Waals surface area contributed by atoms with Gasteiger partial charge in [-0.05, 0) is 121 Å². The number of benzene rings is 5. The van der Waals surface area contributed by atoms with E-state index in [4.69, 9.17) is 42.0 Å². The molecule has 8 aromatic rings. The van der Waals surface area contributed by atoms with Crippen molar-refractivity contribution in [2.24, 2.45) is 31.9 Å². The van der Waals surface area contributed by atoms with Gasteiger partial charge < -0.3 is 41.0 Å². The largest absolute Gasteiger partial charge is 0.487 e. The average Bonchev–Trinajstić information content (AvgIpc) is 3.33. The highest BCUT2D eigenvalue weighted by Gasteiger charge is 2.11. The highest BCUT2D eigenvalue weighted by molar-refractivity contribution is 6.32. The summed E-state index contributed by atoms with van der Waals surface area (Å²) in [7, 11) is 3.08. The Hall–Kier alpha value is -8.45. The number of ether oxygens (including phenoxy) is 4. The average molecular weight is 948 g/mol. The predicted octanol–water partition coefficient (Wildman–Crippen LogP) is 9.60. The van der Waals surface area contributed by atoms with Gasteiger partial charge in [-0.2, -0.15) is 10.2 Å². The number of nitrogens with one attached hydrogen (secondary N) is 2. The second kappa shape index (κ2) is 23.8. The Labute approximate surface area is 401 Å². The van der Waals surface area contributed by atoms with E-state index >= 15 is 0 Å². The minimum Gasteiger partial charge on any atom is -0.487 e. The van der Waals surface area contributed by atoms with Gasteiger partial charge in [0.1, 0.15) is 78.8 Å². The van der Waals surface area contributed by atoms with Crippen LogP contribution in [0.5, 0.6) is 17.2 Å². The third-order valence-electron chi connectivity index (χ3n) is 9.72. The van der Waals surface area contributed by atoms with Crippen molar-refractivity contribution in [2.45, 2.75) is 20.5 Å². The van der Waals surface area contributed by atoms with Crippen molar-refractivity contribution in [1.29, 1.82) is 0 Å². The van der Waals surface area contributed by atoms with Crippen LogP contribution < -0.4 is 31.6 Å². The molecular weight excluding hydrogens is 901 g/mol. The Morgan fingerprint density at radius 3 is 1.80 bits per heavy atom. The molecule has 0 bridgehead atoms. The Balaban J connectivity index is 0.000000204. The Bertz CT molecular complexity index is 3170. The van der Waals surface area contributed by atoms with Gasteiger partial charge in [0.25, 0.3) is 0 Å². The highest BCUT2D eigenvalue weighted by Crippen LogP contribution is 2.32. The van der Waals surface area contributed by atoms with Crippen molar-refractivity contribution in [1.82, 2.24) is 24.9 Å². The van der Waals surface area contributed by atoms with Crippen LogP contribution in [0.2, 0.25) is 5.02 Å². The molecule has 69 heavy (non-hydrogen) atoms. The maximum absolute atomic E-state index is 13.4. The van der Waals surface area contributed by atoms with E-state index in [0.717, 1.165) is 55.6 Å². The first kappa shape index (κ1) is 48.5. The highest BCUT2D eigenvalue weighted by atomic mass is 35.5. The van der Waals surface area contributed by atoms with E-state index < -0.39 is 0 Å². The van der Waals surface area contributed by atoms with E-state index in [1.54, 1.807) is 50.0 Å². The van der Waals surface area contributed by atoms with Crippen LogP contribution >= 0.6 is 11.6 Å². The normalized spacial score (nSPS) is 11.8. The van der Waals surface area contributed by atoms with Gasteiger partial charge in [-0.1, -0.05) is 35.9 Å². The fraction of sp³-hybridized carbons (Fsp3) is 0.140. The van der Waals surface area contributed by atoms with Crippen molar-refractivity contribution >= 4 is 80.5 Å². The molecule has 0 amide bonds. The second-order valence-electron chi connectivity index (χ2n) is 15.1. The monoisotopic (exact) mass is 947 g/mol. The van der Waals surface area contributed by atoms with Crippen LogP contribution in [0.15, 0.2) is 148 Å². The summed E-state index contributed by atoms with van der Waals surface area (Å²) in [6.07, 6.45) is 7.93. The number of nitrogens with two attached hydrogens (primary N) is 2. The predicted molar refractivity (Wildman–Crippen MR) is 270 cm³/mol. The van der Waals surface area contributed by atoms with Crippen molar-refractivity contribution in [2.75, 3.05) is 38.1 Å². The summed E-state index contributed by atoms with van der Waals surface area (Å²) >= 11 is 6.42. The fourth-order valence-corrected chi connectivity index (χ4v) is 6.68. The molecule has 0 aliphatic rings. The molecule has 6 N–H and O–H groups in total. The van der Waals surface area contributed by atoms with Crippen LogP contribution in [0.3, 0.4) is 0 Å². The van der Waals surface area contributed by atoms with Crippen LogP contribution in [0.4, 0.5) is 27.4 Å². The lowest BCUT2D eigenvalue weighted by Crippen LogP contribution is -2.17. The number of anilines is 4. The number of nitrogens with zero attached hydrogens (tertiary/aromatic N) is 9. The third-order valence-corrected chi connectivity index (χ3v) is 10.0. The Morgan fingerprint density at radius 2 is 1.26 bits per heavy atom. The van der Waals surface area contributed by atoms with Crippen molar-refractivity contribution in [3.05, 3.63) is 167 Å². The number of aromatic nitrogens is 5. The third kappa shape index (κ3) is 14.0. The molecular formula is C50H47ClFN13O4. The number of halogens is 2. The van der Waals surface area contributed by atoms with E-state index in [1.807, 2.05) is 86.6 Å². The summed E-state index contributed by atoms with van der Waals surface area (Å²) < 4.78 is 34.9. The molecule has 17 nitrogen and oxygen atoms in total. The lowest BCUT2D eigenvalue weighted by Gasteiger charge is -2.12. The molecule has 19 heteroatoms. The Kier molecular flexibility index (Phi) is 16.7. The summed E-state index contributed by atoms with van der Waals surface area (Å²) in [5.74, 6) is 3.47. The summed E-state index contributed by atoms with van der Waals surface area (Å²) in [6, 6.07) is 32.6. The summed E-state index contributed by atoms with van der Waals surface area (Å²) in [5, 5.41) is 24.5. The minimum atomic E-state index is -0.314. The molecule has 3 heterocycles. The first-order valence-corrected chi connectivity index (χ1v) is 21.5. The molecule has 0 saturated heterocycles. The number of aryl methyl sites for hydroxylation is 2. The maximum Gasteiger partial charge on any atom is 0.148 e. The number of amidine groups is 2. The van der Waals surface area contributed by atoms with Crippen LogP contribution in [0.1, 0.15) is 27.9 Å². The number of rotatable bonds is 17. The van der Waals surface area contributed by atoms with E-state index in [1.165, 1.54) is 31.9 Å². The van der Waals surface area contributed by atoms with E-state index in [2.05, 4.69) is 56.0 Å². The molecule has 3 aromatic heterocycles. The minimum absolute atomic E-state index is 0.201. The molecule has 5 aromatic carbocycles. The zero-order chi connectivity index (χ0) is 48.5. The fourth-order valence-electron chi connectivity index (χ4n) is 6.44. The molecule has 350 valence electrons. The zero-order valence-electron chi connectivity index (χ0n) is 38.0. The van der Waals surface area contributed by atoms with Crippen LogP contribution in [0, 0.1) is 19.7 Å². The molecule has 0 spiro atoms. The van der Waals surface area contributed by atoms with Crippen molar-refractivity contribution in [3.63, 3.8) is 0 Å². The smallest absolute Gasteiger partial charge is 0.148 e. The number of fused-ring (bicyclic) bond motifs is 2. The topological polar surface area (TPSA) is 227 Å². The van der Waals surface area contributed by atoms with Gasteiger partial charge in [-0.3, -0.25) is 4.98 Å². The summed E-state index contributed by atoms with van der Waals surface area (Å²) in [4.78, 5) is 21.7. The lowest BCUT2D eigenvalue weighted by atomic mass is 10.1. The molecule has 0 fully saturated rings. The number of methoxy groups -OCH3 is 2. The van der Waals surface area contributed by atoms with Crippen LogP contribution in [-0.2, 0) is 16.1 Å². The van der Waals surface area contributed by atoms with Gasteiger partial charge in [-0.25, -0.2) is 24.3 Å². The molecule has 0 aliphatic heterocycles. The molecule has 0 saturated carbocycles. The standard InChI is InChI=1S/C25H22ClFN6O2.C25H25N7O2/c1-34-14-24(28)33-31-12-16-5-7-22-20(10-16)25(30-15-29-22)32-19-6-8-23(21(26)11-19)35-13-17-3-2-4-18(27)9-17;1-16-10-19(6-9-23(16)34-20-7-4-17(2)27-13-20)31-25-21-11-18(5-8-22(21)28-15-29-25)12-30-32-24(26)14-33-3/h2-12,15H,13-14H2,1H3,(H2,28,33)(H,29,30,32);4-13,15H,14H2,1-3H3,(H2,26,32)(H,28,29,31)/b31-12-;30-12+. The molecule has 0 aliphatic carbocycles.